The molecular weight excluding hydrogens is 262 g/mol. The highest BCUT2D eigenvalue weighted by Crippen LogP contribution is 2.69. The molecule has 5 heteroatoms. The first-order valence-electron chi connectivity index (χ1n) is 6.79. The molecule has 4 atom stereocenters. The van der Waals surface area contributed by atoms with Crippen molar-refractivity contribution in [1.82, 2.24) is 0 Å². The fourth-order valence-electron chi connectivity index (χ4n) is 4.40. The van der Waals surface area contributed by atoms with E-state index < -0.39 is 5.97 Å². The van der Waals surface area contributed by atoms with Gasteiger partial charge in [-0.05, 0) is 55.1 Å². The van der Waals surface area contributed by atoms with E-state index in [0.717, 1.165) is 23.2 Å². The topological polar surface area (TPSA) is 66.4 Å². The maximum absolute atomic E-state index is 12.2. The van der Waals surface area contributed by atoms with Gasteiger partial charge in [-0.25, -0.2) is 4.79 Å². The van der Waals surface area contributed by atoms with Crippen LogP contribution < -0.4 is 5.32 Å². The second-order valence-corrected chi connectivity index (χ2v) is 7.06. The molecule has 19 heavy (non-hydrogen) atoms. The molecule has 2 bridgehead atoms. The van der Waals surface area contributed by atoms with Gasteiger partial charge >= 0.3 is 5.97 Å². The minimum atomic E-state index is -0.938. The molecule has 0 saturated heterocycles. The Labute approximate surface area is 114 Å². The third kappa shape index (κ3) is 1.64. The van der Waals surface area contributed by atoms with Gasteiger partial charge in [-0.2, -0.15) is 0 Å². The normalized spacial score (nSPS) is 38.0. The maximum Gasteiger partial charge on any atom is 0.345 e. The molecule has 4 rings (SSSR count). The van der Waals surface area contributed by atoms with Crippen molar-refractivity contribution < 1.29 is 14.7 Å². The van der Waals surface area contributed by atoms with E-state index in [1.54, 1.807) is 12.1 Å². The van der Waals surface area contributed by atoms with Gasteiger partial charge in [0.2, 0.25) is 5.91 Å². The number of carboxylic acids is 1. The van der Waals surface area contributed by atoms with Crippen molar-refractivity contribution in [3.8, 4) is 0 Å². The number of hydrogen-bond acceptors (Lipinski definition) is 3. The molecule has 0 spiro atoms. The summed E-state index contributed by atoms with van der Waals surface area (Å²) in [6.45, 7) is 0. The SMILES string of the molecule is O=C(O)c1ccc(NC(=O)C2C3C4CCC(C4)C23)s1. The van der Waals surface area contributed by atoms with Crippen LogP contribution in [0.5, 0.6) is 0 Å². The van der Waals surface area contributed by atoms with Crippen molar-refractivity contribution in [2.75, 3.05) is 5.32 Å². The summed E-state index contributed by atoms with van der Waals surface area (Å²) in [5.74, 6) is 2.17. The highest BCUT2D eigenvalue weighted by atomic mass is 32.1. The Bertz CT molecular complexity index is 551. The van der Waals surface area contributed by atoms with E-state index in [1.165, 1.54) is 19.3 Å². The molecule has 1 aromatic heterocycles. The minimum absolute atomic E-state index is 0.102. The van der Waals surface area contributed by atoms with E-state index in [1.807, 2.05) is 0 Å². The van der Waals surface area contributed by atoms with Gasteiger partial charge in [0.05, 0.1) is 5.00 Å². The Hall–Kier alpha value is -1.36. The van der Waals surface area contributed by atoms with E-state index in [-0.39, 0.29) is 16.7 Å². The Morgan fingerprint density at radius 1 is 1.21 bits per heavy atom. The fraction of sp³-hybridized carbons (Fsp3) is 0.571. The predicted octanol–water partition coefficient (Wildman–Crippen LogP) is 2.68. The lowest BCUT2D eigenvalue weighted by Gasteiger charge is -2.08. The number of nitrogens with one attached hydrogen (secondary N) is 1. The summed E-state index contributed by atoms with van der Waals surface area (Å²) in [5, 5.41) is 12.4. The molecule has 1 aromatic rings. The number of carbonyl (C=O) groups is 2. The largest absolute Gasteiger partial charge is 0.477 e. The zero-order valence-corrected chi connectivity index (χ0v) is 11.2. The molecule has 2 N–H and O–H groups in total. The Kier molecular flexibility index (Phi) is 2.31. The molecule has 3 aliphatic carbocycles. The smallest absolute Gasteiger partial charge is 0.345 e. The summed E-state index contributed by atoms with van der Waals surface area (Å²) >= 11 is 1.13. The molecule has 1 amide bonds. The summed E-state index contributed by atoms with van der Waals surface area (Å²) in [6, 6.07) is 3.22. The highest BCUT2D eigenvalue weighted by molar-refractivity contribution is 7.18. The number of carbonyl (C=O) groups excluding carboxylic acids is 1. The van der Waals surface area contributed by atoms with Gasteiger partial charge in [-0.3, -0.25) is 4.79 Å². The van der Waals surface area contributed by atoms with Crippen molar-refractivity contribution in [2.24, 2.45) is 29.6 Å². The van der Waals surface area contributed by atoms with Crippen LogP contribution in [-0.4, -0.2) is 17.0 Å². The van der Waals surface area contributed by atoms with Gasteiger partial charge in [0.1, 0.15) is 4.88 Å². The lowest BCUT2D eigenvalue weighted by molar-refractivity contribution is -0.118. The van der Waals surface area contributed by atoms with Crippen LogP contribution in [0.2, 0.25) is 0 Å². The molecule has 4 unspecified atom stereocenters. The standard InChI is InChI=1S/C14H15NO3S/c16-13(15-9-4-3-8(19-9)14(17)18)12-10-6-1-2-7(5-6)11(10)12/h3-4,6-7,10-12H,1-2,5H2,(H,15,16)(H,17,18). The van der Waals surface area contributed by atoms with E-state index >= 15 is 0 Å². The van der Waals surface area contributed by atoms with Crippen molar-refractivity contribution in [3.05, 3.63) is 17.0 Å². The first-order chi connectivity index (χ1) is 9.15. The predicted molar refractivity (Wildman–Crippen MR) is 71.2 cm³/mol. The van der Waals surface area contributed by atoms with Crippen LogP contribution in [0.3, 0.4) is 0 Å². The summed E-state index contributed by atoms with van der Waals surface area (Å²) in [6.07, 6.45) is 3.94. The van der Waals surface area contributed by atoms with Crippen LogP contribution in [0, 0.1) is 29.6 Å². The van der Waals surface area contributed by atoms with Gasteiger partial charge in [0, 0.05) is 5.92 Å². The van der Waals surface area contributed by atoms with Crippen LogP contribution in [0.1, 0.15) is 28.9 Å². The second-order valence-electron chi connectivity index (χ2n) is 5.97. The molecule has 100 valence electrons. The Balaban J connectivity index is 1.44. The van der Waals surface area contributed by atoms with E-state index in [2.05, 4.69) is 5.32 Å². The van der Waals surface area contributed by atoms with Crippen molar-refractivity contribution >= 4 is 28.2 Å². The monoisotopic (exact) mass is 277 g/mol. The van der Waals surface area contributed by atoms with Gasteiger partial charge < -0.3 is 10.4 Å². The highest BCUT2D eigenvalue weighted by Gasteiger charge is 2.67. The van der Waals surface area contributed by atoms with Crippen LogP contribution in [0.25, 0.3) is 0 Å². The zero-order chi connectivity index (χ0) is 13.1. The molecule has 1 heterocycles. The lowest BCUT2D eigenvalue weighted by Crippen LogP contribution is -2.17. The lowest BCUT2D eigenvalue weighted by atomic mass is 10.0. The number of rotatable bonds is 3. The van der Waals surface area contributed by atoms with E-state index in [9.17, 15) is 9.59 Å². The Morgan fingerprint density at radius 2 is 1.89 bits per heavy atom. The number of fused-ring (bicyclic) bond motifs is 5. The molecule has 0 aromatic carbocycles. The van der Waals surface area contributed by atoms with Crippen molar-refractivity contribution in [3.63, 3.8) is 0 Å². The summed E-state index contributed by atoms with van der Waals surface area (Å²) in [5.41, 5.74) is 0. The quantitative estimate of drug-likeness (QED) is 0.892. The molecule has 0 aliphatic heterocycles. The summed E-state index contributed by atoms with van der Waals surface area (Å²) in [4.78, 5) is 23.3. The fourth-order valence-corrected chi connectivity index (χ4v) is 5.15. The zero-order valence-electron chi connectivity index (χ0n) is 10.3. The van der Waals surface area contributed by atoms with E-state index in [4.69, 9.17) is 5.11 Å². The Morgan fingerprint density at radius 3 is 2.47 bits per heavy atom. The molecule has 3 saturated carbocycles. The summed E-state index contributed by atoms with van der Waals surface area (Å²) < 4.78 is 0. The van der Waals surface area contributed by atoms with Crippen LogP contribution in [0.15, 0.2) is 12.1 Å². The van der Waals surface area contributed by atoms with Gasteiger partial charge in [-0.1, -0.05) is 0 Å². The minimum Gasteiger partial charge on any atom is -0.477 e. The molecule has 3 fully saturated rings. The average molecular weight is 277 g/mol. The van der Waals surface area contributed by atoms with Gasteiger partial charge in [-0.15, -0.1) is 11.3 Å². The van der Waals surface area contributed by atoms with Crippen LogP contribution >= 0.6 is 11.3 Å². The number of hydrogen-bond donors (Lipinski definition) is 2. The number of amides is 1. The number of anilines is 1. The first kappa shape index (κ1) is 11.5. The average Bonchev–Trinajstić information content (AvgIpc) is 2.75. The van der Waals surface area contributed by atoms with Crippen LogP contribution in [-0.2, 0) is 4.79 Å². The summed E-state index contributed by atoms with van der Waals surface area (Å²) in [7, 11) is 0. The van der Waals surface area contributed by atoms with Gasteiger partial charge in [0.25, 0.3) is 0 Å². The third-order valence-electron chi connectivity index (χ3n) is 5.10. The first-order valence-corrected chi connectivity index (χ1v) is 7.61. The number of carboxylic acid groups (broad SMARTS) is 1. The molecule has 0 radical (unpaired) electrons. The molecule has 4 nitrogen and oxygen atoms in total. The molecular formula is C14H15NO3S. The number of aromatic carboxylic acids is 1. The van der Waals surface area contributed by atoms with E-state index in [0.29, 0.717) is 16.8 Å². The second kappa shape index (κ2) is 3.82. The molecule has 3 aliphatic rings. The van der Waals surface area contributed by atoms with Crippen LogP contribution in [0.4, 0.5) is 5.00 Å². The van der Waals surface area contributed by atoms with Crippen molar-refractivity contribution in [1.29, 1.82) is 0 Å². The number of thiophene rings is 1. The maximum atomic E-state index is 12.2. The van der Waals surface area contributed by atoms with Crippen molar-refractivity contribution in [2.45, 2.75) is 19.3 Å². The van der Waals surface area contributed by atoms with Gasteiger partial charge in [0.15, 0.2) is 0 Å². The third-order valence-corrected chi connectivity index (χ3v) is 6.09.